The zero-order valence-electron chi connectivity index (χ0n) is 12.1. The third kappa shape index (κ3) is 5.05. The fourth-order valence-corrected chi connectivity index (χ4v) is 1.97. The predicted molar refractivity (Wildman–Crippen MR) is 80.8 cm³/mol. The van der Waals surface area contributed by atoms with Gasteiger partial charge in [0, 0.05) is 25.4 Å². The Bertz CT molecular complexity index is 465. The van der Waals surface area contributed by atoms with E-state index in [1.807, 2.05) is 18.3 Å². The number of hydrogen-bond donors (Lipinski definition) is 2. The second-order valence-corrected chi connectivity index (χ2v) is 4.81. The van der Waals surface area contributed by atoms with Crippen molar-refractivity contribution in [1.82, 2.24) is 15.3 Å². The Morgan fingerprint density at radius 3 is 2.80 bits per heavy atom. The SMILES string of the molecule is CCCOc1ccc(CNCCCc2ncc[nH]2)cc1. The van der Waals surface area contributed by atoms with Gasteiger partial charge in [0.05, 0.1) is 6.61 Å². The van der Waals surface area contributed by atoms with E-state index in [1.165, 1.54) is 5.56 Å². The Kier molecular flexibility index (Phi) is 6.11. The predicted octanol–water partition coefficient (Wildman–Crippen LogP) is 2.92. The number of aryl methyl sites for hydroxylation is 1. The molecular weight excluding hydrogens is 250 g/mol. The Morgan fingerprint density at radius 2 is 2.10 bits per heavy atom. The summed E-state index contributed by atoms with van der Waals surface area (Å²) in [6.07, 6.45) is 6.78. The molecule has 0 saturated heterocycles. The Labute approximate surface area is 120 Å². The summed E-state index contributed by atoms with van der Waals surface area (Å²) in [4.78, 5) is 7.32. The van der Waals surface area contributed by atoms with Crippen molar-refractivity contribution in [3.63, 3.8) is 0 Å². The van der Waals surface area contributed by atoms with Gasteiger partial charge in [-0.15, -0.1) is 0 Å². The van der Waals surface area contributed by atoms with Crippen LogP contribution in [0, 0.1) is 0 Å². The van der Waals surface area contributed by atoms with Crippen molar-refractivity contribution in [2.75, 3.05) is 13.2 Å². The van der Waals surface area contributed by atoms with Gasteiger partial charge < -0.3 is 15.0 Å². The highest BCUT2D eigenvalue weighted by atomic mass is 16.5. The minimum Gasteiger partial charge on any atom is -0.494 e. The lowest BCUT2D eigenvalue weighted by Gasteiger charge is -2.07. The number of H-pyrrole nitrogens is 1. The second kappa shape index (κ2) is 8.38. The minimum absolute atomic E-state index is 0.782. The number of benzene rings is 1. The molecule has 0 saturated carbocycles. The van der Waals surface area contributed by atoms with Crippen molar-refractivity contribution in [2.24, 2.45) is 0 Å². The zero-order chi connectivity index (χ0) is 14.0. The molecule has 0 radical (unpaired) electrons. The van der Waals surface area contributed by atoms with Crippen LogP contribution in [-0.4, -0.2) is 23.1 Å². The highest BCUT2D eigenvalue weighted by Crippen LogP contribution is 2.12. The first kappa shape index (κ1) is 14.6. The smallest absolute Gasteiger partial charge is 0.119 e. The lowest BCUT2D eigenvalue weighted by Crippen LogP contribution is -2.15. The summed E-state index contributed by atoms with van der Waals surface area (Å²) in [5.41, 5.74) is 1.28. The molecule has 0 aliphatic heterocycles. The third-order valence-corrected chi connectivity index (χ3v) is 3.05. The molecule has 0 amide bonds. The molecule has 2 N–H and O–H groups in total. The molecular formula is C16H23N3O. The van der Waals surface area contributed by atoms with Gasteiger partial charge >= 0.3 is 0 Å². The number of nitrogens with one attached hydrogen (secondary N) is 2. The van der Waals surface area contributed by atoms with Crippen LogP contribution in [-0.2, 0) is 13.0 Å². The largest absolute Gasteiger partial charge is 0.494 e. The summed E-state index contributed by atoms with van der Waals surface area (Å²) in [6, 6.07) is 8.31. The molecule has 2 aromatic rings. The van der Waals surface area contributed by atoms with Crippen molar-refractivity contribution in [3.05, 3.63) is 48.0 Å². The highest BCUT2D eigenvalue weighted by Gasteiger charge is 1.97. The lowest BCUT2D eigenvalue weighted by molar-refractivity contribution is 0.317. The summed E-state index contributed by atoms with van der Waals surface area (Å²) < 4.78 is 5.56. The Morgan fingerprint density at radius 1 is 1.25 bits per heavy atom. The van der Waals surface area contributed by atoms with Crippen LogP contribution < -0.4 is 10.1 Å². The summed E-state index contributed by atoms with van der Waals surface area (Å²) in [5, 5.41) is 3.44. The van der Waals surface area contributed by atoms with Gasteiger partial charge in [-0.05, 0) is 37.1 Å². The monoisotopic (exact) mass is 273 g/mol. The molecule has 0 aliphatic rings. The van der Waals surface area contributed by atoms with E-state index in [4.69, 9.17) is 4.74 Å². The first-order valence-electron chi connectivity index (χ1n) is 7.29. The highest BCUT2D eigenvalue weighted by molar-refractivity contribution is 5.27. The van der Waals surface area contributed by atoms with E-state index < -0.39 is 0 Å². The normalized spacial score (nSPS) is 10.7. The van der Waals surface area contributed by atoms with E-state index in [2.05, 4.69) is 34.3 Å². The molecule has 1 heterocycles. The topological polar surface area (TPSA) is 49.9 Å². The molecule has 0 bridgehead atoms. The van der Waals surface area contributed by atoms with Gasteiger partial charge in [0.2, 0.25) is 0 Å². The quantitative estimate of drug-likeness (QED) is 0.691. The van der Waals surface area contributed by atoms with E-state index in [9.17, 15) is 0 Å². The van der Waals surface area contributed by atoms with Gasteiger partial charge in [-0.2, -0.15) is 0 Å². The standard InChI is InChI=1S/C16H23N3O/c1-2-12-20-15-7-5-14(6-8-15)13-17-9-3-4-16-18-10-11-19-16/h5-8,10-11,17H,2-4,9,12-13H2,1H3,(H,18,19). The Balaban J connectivity index is 1.61. The van der Waals surface area contributed by atoms with Gasteiger partial charge in [-0.3, -0.25) is 0 Å². The molecule has 4 nitrogen and oxygen atoms in total. The van der Waals surface area contributed by atoms with Gasteiger partial charge in [-0.1, -0.05) is 19.1 Å². The van der Waals surface area contributed by atoms with Gasteiger partial charge in [-0.25, -0.2) is 4.98 Å². The van der Waals surface area contributed by atoms with Gasteiger partial charge in [0.1, 0.15) is 11.6 Å². The summed E-state index contributed by atoms with van der Waals surface area (Å²) >= 11 is 0. The molecule has 1 aromatic carbocycles. The lowest BCUT2D eigenvalue weighted by atomic mass is 10.2. The molecule has 20 heavy (non-hydrogen) atoms. The maximum Gasteiger partial charge on any atom is 0.119 e. The van der Waals surface area contributed by atoms with Gasteiger partial charge in [0.25, 0.3) is 0 Å². The Hall–Kier alpha value is -1.81. The zero-order valence-corrected chi connectivity index (χ0v) is 12.1. The molecule has 1 aromatic heterocycles. The number of aromatic amines is 1. The molecule has 108 valence electrons. The van der Waals surface area contributed by atoms with Crippen molar-refractivity contribution in [1.29, 1.82) is 0 Å². The van der Waals surface area contributed by atoms with Crippen molar-refractivity contribution >= 4 is 0 Å². The molecule has 0 atom stereocenters. The van der Waals surface area contributed by atoms with Crippen LogP contribution in [0.5, 0.6) is 5.75 Å². The fourth-order valence-electron chi connectivity index (χ4n) is 1.97. The molecule has 0 unspecified atom stereocenters. The van der Waals surface area contributed by atoms with E-state index in [0.29, 0.717) is 0 Å². The van der Waals surface area contributed by atoms with Crippen LogP contribution in [0.3, 0.4) is 0 Å². The second-order valence-electron chi connectivity index (χ2n) is 4.81. The summed E-state index contributed by atoms with van der Waals surface area (Å²) in [7, 11) is 0. The summed E-state index contributed by atoms with van der Waals surface area (Å²) in [6.45, 7) is 4.78. The molecule has 0 spiro atoms. The number of imidazole rings is 1. The number of aromatic nitrogens is 2. The van der Waals surface area contributed by atoms with Crippen LogP contribution in [0.25, 0.3) is 0 Å². The van der Waals surface area contributed by atoms with Crippen LogP contribution in [0.1, 0.15) is 31.2 Å². The number of rotatable bonds is 9. The van der Waals surface area contributed by atoms with Crippen LogP contribution in [0.4, 0.5) is 0 Å². The van der Waals surface area contributed by atoms with E-state index >= 15 is 0 Å². The first-order chi connectivity index (χ1) is 9.88. The maximum atomic E-state index is 5.56. The van der Waals surface area contributed by atoms with Gasteiger partial charge in [0.15, 0.2) is 0 Å². The first-order valence-corrected chi connectivity index (χ1v) is 7.29. The third-order valence-electron chi connectivity index (χ3n) is 3.05. The molecule has 0 fully saturated rings. The van der Waals surface area contributed by atoms with E-state index in [1.54, 1.807) is 6.20 Å². The number of hydrogen-bond acceptors (Lipinski definition) is 3. The fraction of sp³-hybridized carbons (Fsp3) is 0.438. The average molecular weight is 273 g/mol. The van der Waals surface area contributed by atoms with Crippen molar-refractivity contribution < 1.29 is 4.74 Å². The number of nitrogens with zero attached hydrogens (tertiary/aromatic N) is 1. The van der Waals surface area contributed by atoms with Crippen LogP contribution >= 0.6 is 0 Å². The van der Waals surface area contributed by atoms with Crippen LogP contribution in [0.15, 0.2) is 36.7 Å². The molecule has 4 heteroatoms. The molecule has 0 aliphatic carbocycles. The van der Waals surface area contributed by atoms with E-state index in [0.717, 1.165) is 50.5 Å². The summed E-state index contributed by atoms with van der Waals surface area (Å²) in [5.74, 6) is 2.01. The molecule has 2 rings (SSSR count). The number of ether oxygens (including phenoxy) is 1. The van der Waals surface area contributed by atoms with Crippen LogP contribution in [0.2, 0.25) is 0 Å². The minimum atomic E-state index is 0.782. The maximum absolute atomic E-state index is 5.56. The van der Waals surface area contributed by atoms with Crippen molar-refractivity contribution in [3.8, 4) is 5.75 Å². The van der Waals surface area contributed by atoms with E-state index in [-0.39, 0.29) is 0 Å². The average Bonchev–Trinajstić information content (AvgIpc) is 2.99. The van der Waals surface area contributed by atoms with Crippen molar-refractivity contribution in [2.45, 2.75) is 32.7 Å².